The Balaban J connectivity index is 2.61. The highest BCUT2D eigenvalue weighted by molar-refractivity contribution is 5.98. The predicted octanol–water partition coefficient (Wildman–Crippen LogP) is -0.375. The highest BCUT2D eigenvalue weighted by Gasteiger charge is 2.21. The molecule has 11 heteroatoms. The maximum atomic E-state index is 12.1. The Morgan fingerprint density at radius 3 is 2.55 bits per heavy atom. The van der Waals surface area contributed by atoms with Crippen LogP contribution in [0.15, 0.2) is 6.20 Å². The molecule has 0 aliphatic heterocycles. The highest BCUT2D eigenvalue weighted by Crippen LogP contribution is 2.16. The van der Waals surface area contributed by atoms with Crippen molar-refractivity contribution in [2.24, 2.45) is 7.05 Å². The van der Waals surface area contributed by atoms with E-state index in [9.17, 15) is 14.4 Å². The van der Waals surface area contributed by atoms with Crippen LogP contribution in [0.2, 0.25) is 0 Å². The van der Waals surface area contributed by atoms with Crippen LogP contribution in [0.5, 0.6) is 0 Å². The maximum Gasteiger partial charge on any atom is 0.405 e. The molecule has 1 rings (SSSR count). The van der Waals surface area contributed by atoms with Crippen molar-refractivity contribution in [1.82, 2.24) is 20.4 Å². The van der Waals surface area contributed by atoms with E-state index in [2.05, 4.69) is 21.0 Å². The lowest BCUT2D eigenvalue weighted by Gasteiger charge is -2.16. The zero-order chi connectivity index (χ0) is 16.7. The first kappa shape index (κ1) is 17.1. The van der Waals surface area contributed by atoms with E-state index in [0.29, 0.717) is 0 Å². The molecule has 0 bridgehead atoms. The Morgan fingerprint density at radius 2 is 2.05 bits per heavy atom. The molecule has 0 aliphatic rings. The zero-order valence-corrected chi connectivity index (χ0v) is 11.9. The van der Waals surface area contributed by atoms with E-state index >= 15 is 0 Å². The topological polar surface area (TPSA) is 172 Å². The second kappa shape index (κ2) is 7.71. The largest absolute Gasteiger partial charge is 0.465 e. The van der Waals surface area contributed by atoms with Gasteiger partial charge in [-0.2, -0.15) is 5.10 Å². The van der Waals surface area contributed by atoms with E-state index < -0.39 is 24.1 Å². The van der Waals surface area contributed by atoms with Crippen LogP contribution in [0, 0.1) is 0 Å². The van der Waals surface area contributed by atoms with Crippen LogP contribution in [0.4, 0.5) is 21.1 Å². The van der Waals surface area contributed by atoms with Crippen molar-refractivity contribution in [3.8, 4) is 0 Å². The monoisotopic (exact) mass is 314 g/mol. The lowest BCUT2D eigenvalue weighted by molar-refractivity contribution is -0.118. The van der Waals surface area contributed by atoms with Crippen LogP contribution < -0.4 is 21.7 Å². The summed E-state index contributed by atoms with van der Waals surface area (Å²) in [6.07, 6.45) is -0.788. The molecule has 0 aromatic carbocycles. The fraction of sp³-hybridized carbons (Fsp3) is 0.455. The van der Waals surface area contributed by atoms with Crippen LogP contribution >= 0.6 is 0 Å². The first-order valence-corrected chi connectivity index (χ1v) is 6.36. The van der Waals surface area contributed by atoms with Gasteiger partial charge in [0.2, 0.25) is 5.91 Å². The van der Waals surface area contributed by atoms with Crippen molar-refractivity contribution in [3.63, 3.8) is 0 Å². The summed E-state index contributed by atoms with van der Waals surface area (Å²) in [5.74, 6) is -0.368. The van der Waals surface area contributed by atoms with Gasteiger partial charge in [-0.15, -0.1) is 0 Å². The molecular formula is C11H18N6O5. The molecule has 0 saturated heterocycles. The van der Waals surface area contributed by atoms with E-state index in [-0.39, 0.29) is 30.9 Å². The summed E-state index contributed by atoms with van der Waals surface area (Å²) in [5.41, 5.74) is 5.95. The molecular weight excluding hydrogens is 296 g/mol. The number of nitrogens with zero attached hydrogens (tertiary/aromatic N) is 2. The van der Waals surface area contributed by atoms with Gasteiger partial charge in [-0.05, 0) is 12.8 Å². The van der Waals surface area contributed by atoms with E-state index in [4.69, 9.17) is 15.9 Å². The number of nitrogens with one attached hydrogen (secondary N) is 3. The van der Waals surface area contributed by atoms with Gasteiger partial charge in [0.05, 0.1) is 6.20 Å². The molecule has 0 aliphatic carbocycles. The number of rotatable bonds is 7. The molecule has 0 fully saturated rings. The SMILES string of the molecule is Cn1ncc(NC(=O)[C@H](CCCNC(=O)O)NC(=O)O)c1N. The van der Waals surface area contributed by atoms with Crippen LogP contribution in [-0.2, 0) is 11.8 Å². The van der Waals surface area contributed by atoms with E-state index in [0.717, 1.165) is 0 Å². The Morgan fingerprint density at radius 1 is 1.36 bits per heavy atom. The number of carboxylic acid groups (broad SMARTS) is 2. The minimum absolute atomic E-state index is 0.107. The summed E-state index contributed by atoms with van der Waals surface area (Å²) in [6.45, 7) is 0.107. The lowest BCUT2D eigenvalue weighted by atomic mass is 10.1. The number of carbonyl (C=O) groups excluding carboxylic acids is 1. The summed E-state index contributed by atoms with van der Waals surface area (Å²) in [5, 5.41) is 27.7. The number of hydrogen-bond donors (Lipinski definition) is 6. The van der Waals surface area contributed by atoms with Gasteiger partial charge in [0.1, 0.15) is 17.5 Å². The number of aromatic nitrogens is 2. The Bertz CT molecular complexity index is 557. The molecule has 1 aromatic rings. The zero-order valence-electron chi connectivity index (χ0n) is 11.9. The number of carbonyl (C=O) groups is 3. The quantitative estimate of drug-likeness (QED) is 0.372. The average Bonchev–Trinajstić information content (AvgIpc) is 2.73. The normalized spacial score (nSPS) is 11.5. The molecule has 0 unspecified atom stereocenters. The van der Waals surface area contributed by atoms with Crippen molar-refractivity contribution in [2.75, 3.05) is 17.6 Å². The van der Waals surface area contributed by atoms with Gasteiger partial charge < -0.3 is 31.9 Å². The van der Waals surface area contributed by atoms with Crippen LogP contribution in [0.3, 0.4) is 0 Å². The third-order valence-electron chi connectivity index (χ3n) is 2.80. The predicted molar refractivity (Wildman–Crippen MR) is 76.5 cm³/mol. The molecule has 1 atom stereocenters. The maximum absolute atomic E-state index is 12.1. The molecule has 22 heavy (non-hydrogen) atoms. The fourth-order valence-corrected chi connectivity index (χ4v) is 1.68. The molecule has 1 aromatic heterocycles. The van der Waals surface area contributed by atoms with Crippen LogP contribution in [0.1, 0.15) is 12.8 Å². The minimum atomic E-state index is -1.36. The van der Waals surface area contributed by atoms with Gasteiger partial charge >= 0.3 is 12.2 Å². The van der Waals surface area contributed by atoms with Crippen LogP contribution in [0.25, 0.3) is 0 Å². The molecule has 0 spiro atoms. The third kappa shape index (κ3) is 5.19. The molecule has 0 radical (unpaired) electrons. The number of hydrogen-bond acceptors (Lipinski definition) is 5. The van der Waals surface area contributed by atoms with Gasteiger partial charge in [0.25, 0.3) is 0 Å². The second-order valence-electron chi connectivity index (χ2n) is 4.43. The number of nitrogens with two attached hydrogens (primary N) is 1. The van der Waals surface area contributed by atoms with Gasteiger partial charge in [0.15, 0.2) is 0 Å². The number of amides is 3. The molecule has 7 N–H and O–H groups in total. The molecule has 0 saturated carbocycles. The highest BCUT2D eigenvalue weighted by atomic mass is 16.4. The van der Waals surface area contributed by atoms with Crippen molar-refractivity contribution >= 4 is 29.6 Å². The third-order valence-corrected chi connectivity index (χ3v) is 2.80. The van der Waals surface area contributed by atoms with E-state index in [1.165, 1.54) is 10.9 Å². The Kier molecular flexibility index (Phi) is 5.98. The smallest absolute Gasteiger partial charge is 0.405 e. The number of anilines is 2. The first-order valence-electron chi connectivity index (χ1n) is 6.36. The van der Waals surface area contributed by atoms with E-state index in [1.807, 2.05) is 0 Å². The molecule has 3 amide bonds. The lowest BCUT2D eigenvalue weighted by Crippen LogP contribution is -2.43. The molecule has 11 nitrogen and oxygen atoms in total. The van der Waals surface area contributed by atoms with Gasteiger partial charge in [-0.25, -0.2) is 9.59 Å². The number of aryl methyl sites for hydroxylation is 1. The second-order valence-corrected chi connectivity index (χ2v) is 4.43. The van der Waals surface area contributed by atoms with Crippen LogP contribution in [-0.4, -0.2) is 50.7 Å². The summed E-state index contributed by atoms with van der Waals surface area (Å²) < 4.78 is 1.35. The summed E-state index contributed by atoms with van der Waals surface area (Å²) >= 11 is 0. The Labute approximate surface area is 125 Å². The summed E-state index contributed by atoms with van der Waals surface area (Å²) in [6, 6.07) is -1.03. The first-order chi connectivity index (χ1) is 10.3. The Hall–Kier alpha value is -2.98. The van der Waals surface area contributed by atoms with Crippen molar-refractivity contribution in [2.45, 2.75) is 18.9 Å². The minimum Gasteiger partial charge on any atom is -0.465 e. The summed E-state index contributed by atoms with van der Waals surface area (Å²) in [4.78, 5) is 33.1. The van der Waals surface area contributed by atoms with Crippen molar-refractivity contribution in [1.29, 1.82) is 0 Å². The van der Waals surface area contributed by atoms with Gasteiger partial charge in [-0.3, -0.25) is 9.48 Å². The van der Waals surface area contributed by atoms with Crippen molar-refractivity contribution in [3.05, 3.63) is 6.20 Å². The van der Waals surface area contributed by atoms with Crippen molar-refractivity contribution < 1.29 is 24.6 Å². The van der Waals surface area contributed by atoms with E-state index in [1.54, 1.807) is 7.05 Å². The standard InChI is InChI=1S/C11H18N6O5/c1-17-8(12)7(5-14-17)15-9(18)6(16-11(21)22)3-2-4-13-10(19)20/h5-6,13,16H,2-4,12H2,1H3,(H,15,18)(H,19,20)(H,21,22)/t6-/m0/s1. The number of nitrogen functional groups attached to an aromatic ring is 1. The molecule has 1 heterocycles. The molecule has 122 valence electrons. The fourth-order valence-electron chi connectivity index (χ4n) is 1.68. The average molecular weight is 314 g/mol. The summed E-state index contributed by atoms with van der Waals surface area (Å²) in [7, 11) is 1.59. The van der Waals surface area contributed by atoms with Gasteiger partial charge in [-0.1, -0.05) is 0 Å². The van der Waals surface area contributed by atoms with Gasteiger partial charge in [0, 0.05) is 13.6 Å².